The normalized spacial score (nSPS) is 14.8. The Labute approximate surface area is 225 Å². The molecule has 0 atom stereocenters. The Balaban J connectivity index is 2.03. The number of rotatable bonds is 11. The number of nitrogens with zero attached hydrogens (tertiary/aromatic N) is 4. The average molecular weight is 543 g/mol. The van der Waals surface area contributed by atoms with Crippen LogP contribution in [-0.2, 0) is 16.1 Å². The molecule has 10 nitrogen and oxygen atoms in total. The molecule has 1 saturated heterocycles. The third kappa shape index (κ3) is 7.60. The number of piperidine rings is 1. The number of aliphatic hydroxyl groups is 1. The third-order valence-corrected chi connectivity index (χ3v) is 5.98. The highest BCUT2D eigenvalue weighted by Gasteiger charge is 2.25. The third-order valence-electron chi connectivity index (χ3n) is 5.98. The van der Waals surface area contributed by atoms with Gasteiger partial charge >= 0.3 is 6.61 Å². The van der Waals surface area contributed by atoms with Crippen LogP contribution in [0, 0.1) is 6.92 Å². The summed E-state index contributed by atoms with van der Waals surface area (Å²) in [6, 6.07) is 4.61. The molecule has 1 aliphatic heterocycles. The molecule has 1 aromatic carbocycles. The van der Waals surface area contributed by atoms with Gasteiger partial charge in [-0.05, 0) is 31.9 Å². The van der Waals surface area contributed by atoms with Crippen LogP contribution < -0.4 is 15.4 Å². The fourth-order valence-corrected chi connectivity index (χ4v) is 4.06. The van der Waals surface area contributed by atoms with Gasteiger partial charge in [-0.3, -0.25) is 14.3 Å². The molecule has 1 fully saturated rings. The standard InChI is InChI=1S/C27H32F2N6O4/c1-5-11-31-25(30-4)19(6-2)26(38)32-21-15-35(16-23(37)34-12-9-18(36)10-13-34)33-24(21)20-14-17(3)7-8-22(20)39-27(28)29/h5-8,11,14-15,18,27,30,36H,1-2,9-10,12-13,16H2,3-4H3,(H,32,38)/b25-19-,31-11-. The van der Waals surface area contributed by atoms with E-state index in [2.05, 4.69) is 33.9 Å². The van der Waals surface area contributed by atoms with Crippen molar-refractivity contribution in [2.75, 3.05) is 25.5 Å². The molecule has 3 N–H and O–H groups in total. The molecule has 0 radical (unpaired) electrons. The molecule has 39 heavy (non-hydrogen) atoms. The van der Waals surface area contributed by atoms with Gasteiger partial charge in [0.1, 0.15) is 23.8 Å². The van der Waals surface area contributed by atoms with Crippen LogP contribution in [0.1, 0.15) is 18.4 Å². The van der Waals surface area contributed by atoms with Gasteiger partial charge in [-0.15, -0.1) is 0 Å². The maximum absolute atomic E-state index is 13.3. The highest BCUT2D eigenvalue weighted by Crippen LogP contribution is 2.36. The summed E-state index contributed by atoms with van der Waals surface area (Å²) < 4.78 is 32.4. The Morgan fingerprint density at radius 1 is 1.31 bits per heavy atom. The number of carbonyl (C=O) groups is 2. The molecule has 2 heterocycles. The lowest BCUT2D eigenvalue weighted by Gasteiger charge is -2.29. The number of ether oxygens (including phenoxy) is 1. The zero-order chi connectivity index (χ0) is 28.5. The van der Waals surface area contributed by atoms with Crippen molar-refractivity contribution in [2.24, 2.45) is 4.99 Å². The quantitative estimate of drug-likeness (QED) is 0.228. The molecular weight excluding hydrogens is 510 g/mol. The smallest absolute Gasteiger partial charge is 0.387 e. The number of hydrogen-bond acceptors (Lipinski definition) is 7. The molecule has 0 spiro atoms. The van der Waals surface area contributed by atoms with E-state index in [1.165, 1.54) is 35.3 Å². The van der Waals surface area contributed by atoms with Crippen molar-refractivity contribution in [2.45, 2.75) is 39.0 Å². The largest absolute Gasteiger partial charge is 0.434 e. The van der Waals surface area contributed by atoms with Crippen LogP contribution >= 0.6 is 0 Å². The SMILES string of the molecule is C=C/C=N\C(NC)=C(\C=C)C(=O)Nc1cn(CC(=O)N2CCC(O)CC2)nc1-c1cc(C)ccc1OC(F)F. The van der Waals surface area contributed by atoms with Gasteiger partial charge < -0.3 is 25.4 Å². The van der Waals surface area contributed by atoms with E-state index in [1.807, 2.05) is 0 Å². The van der Waals surface area contributed by atoms with Gasteiger partial charge in [0.05, 0.1) is 17.4 Å². The van der Waals surface area contributed by atoms with Gasteiger partial charge in [-0.2, -0.15) is 13.9 Å². The summed E-state index contributed by atoms with van der Waals surface area (Å²) in [6.45, 7) is 6.60. The highest BCUT2D eigenvalue weighted by molar-refractivity contribution is 6.08. The van der Waals surface area contributed by atoms with Crippen LogP contribution in [0.25, 0.3) is 11.3 Å². The number of likely N-dealkylation sites (tertiary alicyclic amines) is 1. The predicted octanol–water partition coefficient (Wildman–Crippen LogP) is 3.26. The first-order chi connectivity index (χ1) is 18.7. The lowest BCUT2D eigenvalue weighted by atomic mass is 10.1. The van der Waals surface area contributed by atoms with Crippen molar-refractivity contribution in [3.05, 3.63) is 66.7 Å². The van der Waals surface area contributed by atoms with Crippen LogP contribution in [0.2, 0.25) is 0 Å². The molecule has 208 valence electrons. The van der Waals surface area contributed by atoms with Gasteiger partial charge in [0, 0.05) is 38.1 Å². The van der Waals surface area contributed by atoms with Crippen molar-refractivity contribution in [1.29, 1.82) is 0 Å². The topological polar surface area (TPSA) is 121 Å². The van der Waals surface area contributed by atoms with Crippen molar-refractivity contribution in [3.63, 3.8) is 0 Å². The van der Waals surface area contributed by atoms with Crippen LogP contribution in [0.15, 0.2) is 66.1 Å². The lowest BCUT2D eigenvalue weighted by Crippen LogP contribution is -2.41. The van der Waals surface area contributed by atoms with Gasteiger partial charge in [0.2, 0.25) is 5.91 Å². The summed E-state index contributed by atoms with van der Waals surface area (Å²) >= 11 is 0. The molecule has 1 aliphatic rings. The Bertz CT molecular complexity index is 1280. The van der Waals surface area contributed by atoms with Gasteiger partial charge in [-0.1, -0.05) is 36.9 Å². The minimum atomic E-state index is -3.08. The number of amides is 2. The number of aliphatic hydroxyl groups excluding tert-OH is 1. The number of aliphatic imine (C=N–C) groups is 1. The fourth-order valence-electron chi connectivity index (χ4n) is 4.06. The van der Waals surface area contributed by atoms with Crippen LogP contribution in [0.3, 0.4) is 0 Å². The van der Waals surface area contributed by atoms with Crippen LogP contribution in [-0.4, -0.2) is 70.7 Å². The second-order valence-electron chi connectivity index (χ2n) is 8.76. The highest BCUT2D eigenvalue weighted by atomic mass is 19.3. The van der Waals surface area contributed by atoms with Crippen LogP contribution in [0.4, 0.5) is 14.5 Å². The number of benzene rings is 1. The Kier molecular flexibility index (Phi) is 10.1. The number of anilines is 1. The first kappa shape index (κ1) is 29.2. The first-order valence-electron chi connectivity index (χ1n) is 12.3. The number of hydrogen-bond donors (Lipinski definition) is 3. The summed E-state index contributed by atoms with van der Waals surface area (Å²) in [5, 5.41) is 19.8. The molecule has 2 aromatic rings. The monoisotopic (exact) mass is 542 g/mol. The summed E-state index contributed by atoms with van der Waals surface area (Å²) in [4.78, 5) is 31.9. The van der Waals surface area contributed by atoms with Crippen molar-refractivity contribution in [3.8, 4) is 17.0 Å². The molecule has 12 heteroatoms. The average Bonchev–Trinajstić information content (AvgIpc) is 3.28. The minimum Gasteiger partial charge on any atom is -0.434 e. The van der Waals surface area contributed by atoms with Gasteiger partial charge in [0.25, 0.3) is 5.91 Å². The summed E-state index contributed by atoms with van der Waals surface area (Å²) in [5.41, 5.74) is 1.35. The second kappa shape index (κ2) is 13.5. The lowest BCUT2D eigenvalue weighted by molar-refractivity contribution is -0.134. The van der Waals surface area contributed by atoms with E-state index >= 15 is 0 Å². The van der Waals surface area contributed by atoms with E-state index in [0.717, 1.165) is 5.56 Å². The second-order valence-corrected chi connectivity index (χ2v) is 8.76. The number of alkyl halides is 2. The Hall–Kier alpha value is -4.32. The van der Waals surface area contributed by atoms with Crippen molar-refractivity contribution >= 4 is 23.7 Å². The fraction of sp³-hybridized carbons (Fsp3) is 0.333. The van der Waals surface area contributed by atoms with E-state index in [9.17, 15) is 23.5 Å². The van der Waals surface area contributed by atoms with Crippen molar-refractivity contribution < 1.29 is 28.2 Å². The molecule has 0 saturated carbocycles. The number of allylic oxidation sites excluding steroid dienone is 1. The molecule has 3 rings (SSSR count). The molecule has 2 amide bonds. The molecular formula is C27H32F2N6O4. The van der Waals surface area contributed by atoms with Crippen LogP contribution in [0.5, 0.6) is 5.75 Å². The number of aryl methyl sites for hydroxylation is 1. The number of halogens is 2. The van der Waals surface area contributed by atoms with E-state index in [1.54, 1.807) is 31.0 Å². The maximum atomic E-state index is 13.3. The number of aromatic nitrogens is 2. The van der Waals surface area contributed by atoms with E-state index in [-0.39, 0.29) is 46.5 Å². The summed E-state index contributed by atoms with van der Waals surface area (Å²) in [6.07, 6.45) is 6.13. The maximum Gasteiger partial charge on any atom is 0.387 e. The first-order valence-corrected chi connectivity index (χ1v) is 12.3. The zero-order valence-electron chi connectivity index (χ0n) is 21.9. The predicted molar refractivity (Wildman–Crippen MR) is 144 cm³/mol. The molecule has 1 aromatic heterocycles. The van der Waals surface area contributed by atoms with E-state index < -0.39 is 18.6 Å². The molecule has 0 unspecified atom stereocenters. The van der Waals surface area contributed by atoms with Gasteiger partial charge in [-0.25, -0.2) is 4.99 Å². The molecule has 0 aliphatic carbocycles. The number of nitrogens with one attached hydrogen (secondary N) is 2. The summed E-state index contributed by atoms with van der Waals surface area (Å²) in [7, 11) is 1.59. The van der Waals surface area contributed by atoms with Crippen molar-refractivity contribution in [1.82, 2.24) is 20.0 Å². The minimum absolute atomic E-state index is 0.102. The Morgan fingerprint density at radius 3 is 2.64 bits per heavy atom. The van der Waals surface area contributed by atoms with E-state index in [4.69, 9.17) is 4.74 Å². The zero-order valence-corrected chi connectivity index (χ0v) is 21.9. The van der Waals surface area contributed by atoms with Gasteiger partial charge in [0.15, 0.2) is 0 Å². The summed E-state index contributed by atoms with van der Waals surface area (Å²) in [5.74, 6) is -0.753. The van der Waals surface area contributed by atoms with E-state index in [0.29, 0.717) is 25.9 Å². The molecule has 0 bridgehead atoms. The Morgan fingerprint density at radius 2 is 2.03 bits per heavy atom. The number of carbonyl (C=O) groups excluding carboxylic acids is 2.